The van der Waals surface area contributed by atoms with E-state index in [1.165, 1.54) is 0 Å². The molecule has 1 N–H and O–H groups in total. The zero-order valence-corrected chi connectivity index (χ0v) is 16.0. The first kappa shape index (κ1) is 19.3. The normalized spacial score (nSPS) is 14.8. The summed E-state index contributed by atoms with van der Waals surface area (Å²) in [6.07, 6.45) is 1.47. The SMILES string of the molecule is Cc1ccc(S(=O)(=O)CCC(=O)Nc2ccc(N3CCOCC3)nc2)cc1. The Morgan fingerprint density at radius 2 is 1.85 bits per heavy atom. The van der Waals surface area contributed by atoms with Crippen LogP contribution >= 0.6 is 0 Å². The molecular formula is C19H23N3O4S. The highest BCUT2D eigenvalue weighted by Gasteiger charge is 2.17. The maximum atomic E-state index is 12.3. The molecule has 0 spiro atoms. The highest BCUT2D eigenvalue weighted by molar-refractivity contribution is 7.91. The molecule has 3 rings (SSSR count). The Morgan fingerprint density at radius 1 is 1.15 bits per heavy atom. The average Bonchev–Trinajstić information content (AvgIpc) is 2.68. The van der Waals surface area contributed by atoms with Crippen molar-refractivity contribution >= 4 is 27.2 Å². The third kappa shape index (κ3) is 5.27. The number of aromatic nitrogens is 1. The lowest BCUT2D eigenvalue weighted by molar-refractivity contribution is -0.115. The van der Waals surface area contributed by atoms with E-state index in [4.69, 9.17) is 4.74 Å². The van der Waals surface area contributed by atoms with Gasteiger partial charge in [-0.25, -0.2) is 13.4 Å². The van der Waals surface area contributed by atoms with Gasteiger partial charge in [-0.15, -0.1) is 0 Å². The van der Waals surface area contributed by atoms with E-state index in [1.54, 1.807) is 36.5 Å². The number of anilines is 2. The van der Waals surface area contributed by atoms with Crippen molar-refractivity contribution in [2.75, 3.05) is 42.3 Å². The summed E-state index contributed by atoms with van der Waals surface area (Å²) in [6.45, 7) is 4.82. The number of rotatable bonds is 6. The molecule has 1 fully saturated rings. The first-order chi connectivity index (χ1) is 12.9. The van der Waals surface area contributed by atoms with Crippen LogP contribution in [0.4, 0.5) is 11.5 Å². The van der Waals surface area contributed by atoms with Crippen LogP contribution in [-0.2, 0) is 19.4 Å². The molecule has 0 aliphatic carbocycles. The predicted octanol–water partition coefficient (Wildman–Crippen LogP) is 2.03. The summed E-state index contributed by atoms with van der Waals surface area (Å²) >= 11 is 0. The summed E-state index contributed by atoms with van der Waals surface area (Å²) in [6, 6.07) is 10.2. The first-order valence-corrected chi connectivity index (χ1v) is 10.5. The molecule has 0 atom stereocenters. The third-order valence-corrected chi connectivity index (χ3v) is 6.08. The van der Waals surface area contributed by atoms with Crippen molar-refractivity contribution in [3.63, 3.8) is 0 Å². The minimum Gasteiger partial charge on any atom is -0.378 e. The van der Waals surface area contributed by atoms with Gasteiger partial charge in [-0.3, -0.25) is 4.79 Å². The Morgan fingerprint density at radius 3 is 2.48 bits per heavy atom. The van der Waals surface area contributed by atoms with Crippen molar-refractivity contribution in [1.82, 2.24) is 4.98 Å². The number of sulfone groups is 1. The van der Waals surface area contributed by atoms with E-state index < -0.39 is 9.84 Å². The molecule has 1 saturated heterocycles. The maximum Gasteiger partial charge on any atom is 0.225 e. The topological polar surface area (TPSA) is 88.6 Å². The summed E-state index contributed by atoms with van der Waals surface area (Å²) in [4.78, 5) is 18.8. The molecule has 2 heterocycles. The zero-order chi connectivity index (χ0) is 19.3. The van der Waals surface area contributed by atoms with Crippen LogP contribution in [0.15, 0.2) is 47.5 Å². The number of amides is 1. The summed E-state index contributed by atoms with van der Waals surface area (Å²) in [5.41, 5.74) is 1.53. The lowest BCUT2D eigenvalue weighted by atomic mass is 10.2. The molecule has 1 aliphatic heterocycles. The second-order valence-electron chi connectivity index (χ2n) is 6.43. The van der Waals surface area contributed by atoms with Gasteiger partial charge in [0.2, 0.25) is 5.91 Å². The van der Waals surface area contributed by atoms with E-state index in [2.05, 4.69) is 15.2 Å². The number of hydrogen-bond donors (Lipinski definition) is 1. The number of benzene rings is 1. The molecule has 0 radical (unpaired) electrons. The fourth-order valence-electron chi connectivity index (χ4n) is 2.75. The summed E-state index contributed by atoms with van der Waals surface area (Å²) < 4.78 is 29.9. The fourth-order valence-corrected chi connectivity index (χ4v) is 3.99. The van der Waals surface area contributed by atoms with Crippen molar-refractivity contribution in [3.05, 3.63) is 48.2 Å². The molecule has 7 nitrogen and oxygen atoms in total. The molecule has 144 valence electrons. The fraction of sp³-hybridized carbons (Fsp3) is 0.368. The average molecular weight is 389 g/mol. The lowest BCUT2D eigenvalue weighted by Crippen LogP contribution is -2.36. The predicted molar refractivity (Wildman–Crippen MR) is 104 cm³/mol. The van der Waals surface area contributed by atoms with E-state index in [9.17, 15) is 13.2 Å². The molecule has 0 saturated carbocycles. The van der Waals surface area contributed by atoms with E-state index >= 15 is 0 Å². The van der Waals surface area contributed by atoms with Crippen LogP contribution in [0.3, 0.4) is 0 Å². The highest BCUT2D eigenvalue weighted by Crippen LogP contribution is 2.16. The summed E-state index contributed by atoms with van der Waals surface area (Å²) in [5, 5.41) is 2.70. The Bertz CT molecular complexity index is 874. The number of carbonyl (C=O) groups excluding carboxylic acids is 1. The quantitative estimate of drug-likeness (QED) is 0.813. The third-order valence-electron chi connectivity index (χ3n) is 4.34. The number of nitrogens with zero attached hydrogens (tertiary/aromatic N) is 2. The largest absolute Gasteiger partial charge is 0.378 e. The van der Waals surface area contributed by atoms with Gasteiger partial charge in [0.25, 0.3) is 0 Å². The van der Waals surface area contributed by atoms with Crippen molar-refractivity contribution in [3.8, 4) is 0 Å². The number of carbonyl (C=O) groups is 1. The van der Waals surface area contributed by atoms with E-state index in [0.717, 1.165) is 24.5 Å². The van der Waals surface area contributed by atoms with Gasteiger partial charge in [0.1, 0.15) is 5.82 Å². The van der Waals surface area contributed by atoms with Crippen molar-refractivity contribution in [2.45, 2.75) is 18.2 Å². The van der Waals surface area contributed by atoms with Crippen LogP contribution < -0.4 is 10.2 Å². The Hall–Kier alpha value is -2.45. The molecule has 8 heteroatoms. The van der Waals surface area contributed by atoms with E-state index in [1.807, 2.05) is 13.0 Å². The van der Waals surface area contributed by atoms with Crippen LogP contribution in [0, 0.1) is 6.92 Å². The maximum absolute atomic E-state index is 12.3. The van der Waals surface area contributed by atoms with Gasteiger partial charge in [-0.2, -0.15) is 0 Å². The van der Waals surface area contributed by atoms with Gasteiger partial charge < -0.3 is 15.0 Å². The number of hydrogen-bond acceptors (Lipinski definition) is 6. The summed E-state index contributed by atoms with van der Waals surface area (Å²) in [5.74, 6) is 0.242. The Labute approximate surface area is 159 Å². The standard InChI is InChI=1S/C19H23N3O4S/c1-15-2-5-17(6-3-15)27(24,25)13-8-19(23)21-16-4-7-18(20-14-16)22-9-11-26-12-10-22/h2-7,14H,8-13H2,1H3,(H,21,23). The van der Waals surface area contributed by atoms with Crippen LogP contribution in [-0.4, -0.2) is 51.4 Å². The number of ether oxygens (including phenoxy) is 1. The molecule has 1 amide bonds. The van der Waals surface area contributed by atoms with Crippen LogP contribution in [0.5, 0.6) is 0 Å². The molecule has 1 aromatic heterocycles. The molecule has 0 unspecified atom stereocenters. The van der Waals surface area contributed by atoms with Crippen LogP contribution in [0.25, 0.3) is 0 Å². The van der Waals surface area contributed by atoms with Gasteiger partial charge in [0.15, 0.2) is 9.84 Å². The van der Waals surface area contributed by atoms with Gasteiger partial charge in [-0.1, -0.05) is 17.7 Å². The monoisotopic (exact) mass is 389 g/mol. The number of morpholine rings is 1. The van der Waals surface area contributed by atoms with Crippen molar-refractivity contribution in [2.24, 2.45) is 0 Å². The highest BCUT2D eigenvalue weighted by atomic mass is 32.2. The van der Waals surface area contributed by atoms with Gasteiger partial charge in [-0.05, 0) is 31.2 Å². The Balaban J connectivity index is 1.53. The lowest BCUT2D eigenvalue weighted by Gasteiger charge is -2.27. The van der Waals surface area contributed by atoms with Gasteiger partial charge in [0.05, 0.1) is 35.7 Å². The summed E-state index contributed by atoms with van der Waals surface area (Å²) in [7, 11) is -3.48. The zero-order valence-electron chi connectivity index (χ0n) is 15.2. The van der Waals surface area contributed by atoms with Crippen LogP contribution in [0.1, 0.15) is 12.0 Å². The first-order valence-electron chi connectivity index (χ1n) is 8.82. The van der Waals surface area contributed by atoms with Crippen molar-refractivity contribution in [1.29, 1.82) is 0 Å². The van der Waals surface area contributed by atoms with Gasteiger partial charge >= 0.3 is 0 Å². The van der Waals surface area contributed by atoms with E-state index in [-0.39, 0.29) is 23.0 Å². The minimum absolute atomic E-state index is 0.110. The molecular weight excluding hydrogens is 366 g/mol. The smallest absolute Gasteiger partial charge is 0.225 e. The number of pyridine rings is 1. The molecule has 0 bridgehead atoms. The number of aryl methyl sites for hydroxylation is 1. The van der Waals surface area contributed by atoms with Crippen molar-refractivity contribution < 1.29 is 17.9 Å². The van der Waals surface area contributed by atoms with E-state index in [0.29, 0.717) is 18.9 Å². The molecule has 1 aromatic carbocycles. The Kier molecular flexibility index (Phi) is 6.08. The number of nitrogens with one attached hydrogen (secondary N) is 1. The van der Waals surface area contributed by atoms with Gasteiger partial charge in [0, 0.05) is 19.5 Å². The second kappa shape index (κ2) is 8.49. The molecule has 27 heavy (non-hydrogen) atoms. The molecule has 2 aromatic rings. The van der Waals surface area contributed by atoms with Crippen LogP contribution in [0.2, 0.25) is 0 Å². The molecule has 1 aliphatic rings. The second-order valence-corrected chi connectivity index (χ2v) is 8.54. The minimum atomic E-state index is -3.48.